The Morgan fingerprint density at radius 2 is 1.93 bits per heavy atom. The number of nitrogens with one attached hydrogen (secondary N) is 2. The molecule has 1 aromatic rings. The Morgan fingerprint density at radius 3 is 2.53 bits per heavy atom. The van der Waals surface area contributed by atoms with Crippen molar-refractivity contribution in [2.75, 3.05) is 23.9 Å². The maximum atomic E-state index is 5.29. The summed E-state index contributed by atoms with van der Waals surface area (Å²) in [6.45, 7) is 5.25. The molecule has 1 rings (SSSR count). The van der Waals surface area contributed by atoms with E-state index in [1.54, 1.807) is 0 Å². The van der Waals surface area contributed by atoms with Gasteiger partial charge < -0.3 is 10.1 Å². The van der Waals surface area contributed by atoms with Gasteiger partial charge in [-0.3, -0.25) is 5.43 Å². The molecule has 0 amide bonds. The van der Waals surface area contributed by atoms with Crippen LogP contribution in [0.15, 0.2) is 0 Å². The van der Waals surface area contributed by atoms with Crippen LogP contribution in [0.1, 0.15) is 20.3 Å². The normalized spacial score (nSPS) is 9.80. The van der Waals surface area contributed by atoms with E-state index in [1.165, 1.54) is 0 Å². The molecule has 0 bridgehead atoms. The Labute approximate surface area is 88.4 Å². The fourth-order valence-electron chi connectivity index (χ4n) is 0.916. The molecule has 0 aliphatic rings. The molecule has 0 aliphatic carbocycles. The van der Waals surface area contributed by atoms with Crippen LogP contribution in [-0.4, -0.2) is 28.1 Å². The first kappa shape index (κ1) is 11.4. The lowest BCUT2D eigenvalue weighted by Gasteiger charge is -2.07. The average molecular weight is 212 g/mol. The fraction of sp³-hybridized carbons (Fsp3) is 0.625. The molecule has 7 heteroatoms. The summed E-state index contributed by atoms with van der Waals surface area (Å²) in [5, 5.41) is 2.96. The standard InChI is InChI=1S/C8H16N6O/c1-3-5-15-8-12-6(10-4-2)11-7(13-8)14-9/h3-5,9H2,1-2H3,(H2,10,11,12,13,14). The molecule has 0 atom stereocenters. The Balaban J connectivity index is 2.79. The zero-order valence-electron chi connectivity index (χ0n) is 8.95. The minimum absolute atomic E-state index is 0.274. The van der Waals surface area contributed by atoms with Crippen LogP contribution in [0.5, 0.6) is 6.01 Å². The van der Waals surface area contributed by atoms with Gasteiger partial charge in [0, 0.05) is 6.54 Å². The topological polar surface area (TPSA) is 98.0 Å². The van der Waals surface area contributed by atoms with Crippen molar-refractivity contribution in [3.63, 3.8) is 0 Å². The molecule has 0 spiro atoms. The fourth-order valence-corrected chi connectivity index (χ4v) is 0.916. The number of anilines is 2. The summed E-state index contributed by atoms with van der Waals surface area (Å²) in [5.74, 6) is 5.96. The van der Waals surface area contributed by atoms with Crippen molar-refractivity contribution in [1.29, 1.82) is 0 Å². The van der Waals surface area contributed by atoms with E-state index in [-0.39, 0.29) is 12.0 Å². The lowest BCUT2D eigenvalue weighted by molar-refractivity contribution is 0.292. The molecule has 84 valence electrons. The number of nitrogens with zero attached hydrogens (tertiary/aromatic N) is 3. The maximum Gasteiger partial charge on any atom is 0.323 e. The first-order valence-electron chi connectivity index (χ1n) is 4.89. The van der Waals surface area contributed by atoms with Gasteiger partial charge in [-0.1, -0.05) is 6.92 Å². The summed E-state index contributed by atoms with van der Waals surface area (Å²) in [5.41, 5.74) is 2.36. The highest BCUT2D eigenvalue weighted by atomic mass is 16.5. The SMILES string of the molecule is CCCOc1nc(NN)nc(NCC)n1. The van der Waals surface area contributed by atoms with Crippen molar-refractivity contribution >= 4 is 11.9 Å². The molecule has 15 heavy (non-hydrogen) atoms. The Morgan fingerprint density at radius 1 is 1.20 bits per heavy atom. The van der Waals surface area contributed by atoms with Crippen LogP contribution in [0.4, 0.5) is 11.9 Å². The molecule has 0 radical (unpaired) electrons. The van der Waals surface area contributed by atoms with Crippen molar-refractivity contribution in [3.8, 4) is 6.01 Å². The van der Waals surface area contributed by atoms with Gasteiger partial charge in [-0.15, -0.1) is 0 Å². The van der Waals surface area contributed by atoms with E-state index in [9.17, 15) is 0 Å². The number of hydrazine groups is 1. The predicted octanol–water partition coefficient (Wildman–Crippen LogP) is 0.378. The molecule has 7 nitrogen and oxygen atoms in total. The van der Waals surface area contributed by atoms with Gasteiger partial charge in [0.05, 0.1) is 6.61 Å². The summed E-state index contributed by atoms with van der Waals surface area (Å²) < 4.78 is 5.29. The molecule has 0 unspecified atom stereocenters. The van der Waals surface area contributed by atoms with E-state index >= 15 is 0 Å². The smallest absolute Gasteiger partial charge is 0.323 e. The number of aromatic nitrogens is 3. The molecule has 0 aromatic carbocycles. The summed E-state index contributed by atoms with van der Waals surface area (Å²) >= 11 is 0. The highest BCUT2D eigenvalue weighted by Gasteiger charge is 2.05. The zero-order chi connectivity index (χ0) is 11.1. The lowest BCUT2D eigenvalue weighted by atomic mass is 10.5. The predicted molar refractivity (Wildman–Crippen MR) is 57.6 cm³/mol. The van der Waals surface area contributed by atoms with Crippen LogP contribution in [0.25, 0.3) is 0 Å². The second-order valence-electron chi connectivity index (χ2n) is 2.79. The van der Waals surface area contributed by atoms with Crippen molar-refractivity contribution in [3.05, 3.63) is 0 Å². The van der Waals surface area contributed by atoms with Crippen molar-refractivity contribution < 1.29 is 4.74 Å². The first-order valence-corrected chi connectivity index (χ1v) is 4.89. The van der Waals surface area contributed by atoms with Gasteiger partial charge in [-0.2, -0.15) is 15.0 Å². The zero-order valence-corrected chi connectivity index (χ0v) is 8.95. The van der Waals surface area contributed by atoms with Crippen molar-refractivity contribution in [2.24, 2.45) is 5.84 Å². The van der Waals surface area contributed by atoms with Gasteiger partial charge in [-0.05, 0) is 13.3 Å². The second-order valence-corrected chi connectivity index (χ2v) is 2.79. The maximum absolute atomic E-state index is 5.29. The third-order valence-corrected chi connectivity index (χ3v) is 1.51. The summed E-state index contributed by atoms with van der Waals surface area (Å²) in [7, 11) is 0. The number of nitrogens with two attached hydrogens (primary N) is 1. The van der Waals surface area contributed by atoms with Gasteiger partial charge in [0.25, 0.3) is 0 Å². The van der Waals surface area contributed by atoms with Crippen LogP contribution in [0, 0.1) is 0 Å². The number of rotatable bonds is 6. The van der Waals surface area contributed by atoms with E-state index in [0.29, 0.717) is 12.6 Å². The highest BCUT2D eigenvalue weighted by molar-refractivity contribution is 5.34. The minimum atomic E-state index is 0.274. The molecular formula is C8H16N6O. The number of ether oxygens (including phenoxy) is 1. The molecule has 0 fully saturated rings. The van der Waals surface area contributed by atoms with Gasteiger partial charge in [0.15, 0.2) is 0 Å². The highest BCUT2D eigenvalue weighted by Crippen LogP contribution is 2.10. The molecule has 4 N–H and O–H groups in total. The minimum Gasteiger partial charge on any atom is -0.463 e. The van der Waals surface area contributed by atoms with Crippen molar-refractivity contribution in [2.45, 2.75) is 20.3 Å². The molecule has 0 saturated carbocycles. The Hall–Kier alpha value is -1.63. The van der Waals surface area contributed by atoms with Crippen LogP contribution in [0.2, 0.25) is 0 Å². The van der Waals surface area contributed by atoms with Gasteiger partial charge >= 0.3 is 6.01 Å². The quantitative estimate of drug-likeness (QED) is 0.463. The number of hydrogen-bond donors (Lipinski definition) is 3. The van der Waals surface area contributed by atoms with Crippen LogP contribution < -0.4 is 21.3 Å². The number of hydrogen-bond acceptors (Lipinski definition) is 7. The molecule has 0 saturated heterocycles. The van der Waals surface area contributed by atoms with E-state index in [0.717, 1.165) is 13.0 Å². The van der Waals surface area contributed by atoms with Gasteiger partial charge in [0.1, 0.15) is 0 Å². The number of nitrogen functional groups attached to an aromatic ring is 1. The second kappa shape index (κ2) is 5.97. The van der Waals surface area contributed by atoms with E-state index in [4.69, 9.17) is 10.6 Å². The Kier molecular flexibility index (Phi) is 4.55. The third kappa shape index (κ3) is 3.55. The van der Waals surface area contributed by atoms with E-state index < -0.39 is 0 Å². The molecule has 1 aromatic heterocycles. The molecular weight excluding hydrogens is 196 g/mol. The molecule has 1 heterocycles. The summed E-state index contributed by atoms with van der Waals surface area (Å²) in [4.78, 5) is 12.0. The van der Waals surface area contributed by atoms with E-state index in [2.05, 4.69) is 25.7 Å². The average Bonchev–Trinajstić information content (AvgIpc) is 2.26. The van der Waals surface area contributed by atoms with Crippen molar-refractivity contribution in [1.82, 2.24) is 15.0 Å². The summed E-state index contributed by atoms with van der Waals surface area (Å²) in [6.07, 6.45) is 0.896. The van der Waals surface area contributed by atoms with Crippen LogP contribution >= 0.6 is 0 Å². The molecule has 0 aliphatic heterocycles. The van der Waals surface area contributed by atoms with Gasteiger partial charge in [0.2, 0.25) is 11.9 Å². The Bertz CT molecular complexity index is 305. The van der Waals surface area contributed by atoms with Crippen LogP contribution in [-0.2, 0) is 0 Å². The largest absolute Gasteiger partial charge is 0.463 e. The summed E-state index contributed by atoms with van der Waals surface area (Å²) in [6, 6.07) is 0.274. The van der Waals surface area contributed by atoms with E-state index in [1.807, 2.05) is 13.8 Å². The monoisotopic (exact) mass is 212 g/mol. The lowest BCUT2D eigenvalue weighted by Crippen LogP contribution is -2.14. The van der Waals surface area contributed by atoms with Gasteiger partial charge in [-0.25, -0.2) is 5.84 Å². The van der Waals surface area contributed by atoms with Crippen LogP contribution in [0.3, 0.4) is 0 Å². The third-order valence-electron chi connectivity index (χ3n) is 1.51. The first-order chi connectivity index (χ1) is 7.30.